The van der Waals surface area contributed by atoms with Crippen molar-refractivity contribution in [1.29, 1.82) is 0 Å². The van der Waals surface area contributed by atoms with Gasteiger partial charge < -0.3 is 10.6 Å². The van der Waals surface area contributed by atoms with E-state index in [2.05, 4.69) is 25.8 Å². The Kier molecular flexibility index (Phi) is 3.54. The molecule has 0 aliphatic rings. The Morgan fingerprint density at radius 3 is 3.06 bits per heavy atom. The number of pyridine rings is 1. The quantitative estimate of drug-likeness (QED) is 0.580. The molecule has 6 heteroatoms. The summed E-state index contributed by atoms with van der Waals surface area (Å²) >= 11 is 0. The zero-order valence-corrected chi connectivity index (χ0v) is 10.0. The molecule has 2 heterocycles. The molecule has 2 aromatic heterocycles. The van der Waals surface area contributed by atoms with Gasteiger partial charge in [0, 0.05) is 33.3 Å². The molecule has 2 N–H and O–H groups in total. The third kappa shape index (κ3) is 2.52. The molecule has 17 heavy (non-hydrogen) atoms. The molecule has 0 aromatic carbocycles. The van der Waals surface area contributed by atoms with E-state index in [0.29, 0.717) is 0 Å². The average molecular weight is 232 g/mol. The van der Waals surface area contributed by atoms with Crippen molar-refractivity contribution in [3.05, 3.63) is 30.2 Å². The molecule has 2 rings (SSSR count). The van der Waals surface area contributed by atoms with Crippen LogP contribution in [0.25, 0.3) is 5.65 Å². The van der Waals surface area contributed by atoms with Gasteiger partial charge in [-0.3, -0.25) is 9.39 Å². The fraction of sp³-hybridized carbons (Fsp3) is 0.364. The maximum absolute atomic E-state index is 4.16. The van der Waals surface area contributed by atoms with Crippen LogP contribution in [0.2, 0.25) is 0 Å². The molecule has 0 amide bonds. The lowest BCUT2D eigenvalue weighted by molar-refractivity contribution is 0.780. The number of fused-ring (bicyclic) bond motifs is 1. The van der Waals surface area contributed by atoms with Gasteiger partial charge >= 0.3 is 0 Å². The molecule has 0 unspecified atom stereocenters. The third-order valence-electron chi connectivity index (χ3n) is 2.49. The Bertz CT molecular complexity index is 515. The van der Waals surface area contributed by atoms with Gasteiger partial charge in [-0.1, -0.05) is 6.07 Å². The summed E-state index contributed by atoms with van der Waals surface area (Å²) in [6, 6.07) is 5.87. The number of hydrogen-bond acceptors (Lipinski definition) is 3. The molecular formula is C11H16N6. The zero-order chi connectivity index (χ0) is 12.1. The van der Waals surface area contributed by atoms with Crippen LogP contribution in [0.15, 0.2) is 29.4 Å². The maximum atomic E-state index is 4.16. The minimum atomic E-state index is 0.767. The fourth-order valence-electron chi connectivity index (χ4n) is 1.63. The number of hydrogen-bond donors (Lipinski definition) is 2. The standard InChI is InChI=1S/C11H16N6/c1-12-11(13-2)14-7-6-10-16-15-9-5-3-4-8-17(9)10/h3-5,8H,6-7H2,1-2H3,(H2,12,13,14). The van der Waals surface area contributed by atoms with Crippen molar-refractivity contribution in [3.8, 4) is 0 Å². The summed E-state index contributed by atoms with van der Waals surface area (Å²) in [6.45, 7) is 0.767. The van der Waals surface area contributed by atoms with Gasteiger partial charge in [-0.05, 0) is 12.1 Å². The van der Waals surface area contributed by atoms with Gasteiger partial charge in [-0.15, -0.1) is 10.2 Å². The topological polar surface area (TPSA) is 66.6 Å². The predicted octanol–water partition coefficient (Wildman–Crippen LogP) is 0.0666. The van der Waals surface area contributed by atoms with Crippen LogP contribution in [-0.4, -0.2) is 41.2 Å². The second kappa shape index (κ2) is 5.29. The molecule has 0 saturated carbocycles. The maximum Gasteiger partial charge on any atom is 0.190 e. The van der Waals surface area contributed by atoms with Gasteiger partial charge in [0.1, 0.15) is 5.82 Å². The van der Waals surface area contributed by atoms with Crippen LogP contribution < -0.4 is 10.6 Å². The SMILES string of the molecule is CN=C(NC)NCCc1nnc2ccccn12. The number of aromatic nitrogens is 3. The van der Waals surface area contributed by atoms with Crippen LogP contribution in [0.5, 0.6) is 0 Å². The number of aliphatic imine (C=N–C) groups is 1. The Labute approximate surface area is 99.8 Å². The smallest absolute Gasteiger partial charge is 0.190 e. The molecule has 0 saturated heterocycles. The van der Waals surface area contributed by atoms with Gasteiger partial charge in [0.05, 0.1) is 0 Å². The average Bonchev–Trinajstić information content (AvgIpc) is 2.78. The number of guanidine groups is 1. The van der Waals surface area contributed by atoms with Crippen LogP contribution in [-0.2, 0) is 6.42 Å². The van der Waals surface area contributed by atoms with E-state index in [4.69, 9.17) is 0 Å². The lowest BCUT2D eigenvalue weighted by atomic mass is 10.4. The number of nitrogens with zero attached hydrogens (tertiary/aromatic N) is 4. The molecule has 2 aromatic rings. The van der Waals surface area contributed by atoms with Crippen molar-refractivity contribution >= 4 is 11.6 Å². The van der Waals surface area contributed by atoms with Crippen molar-refractivity contribution in [1.82, 2.24) is 25.2 Å². The van der Waals surface area contributed by atoms with Crippen molar-refractivity contribution < 1.29 is 0 Å². The summed E-state index contributed by atoms with van der Waals surface area (Å²) < 4.78 is 1.99. The van der Waals surface area contributed by atoms with E-state index < -0.39 is 0 Å². The first-order valence-corrected chi connectivity index (χ1v) is 5.52. The Morgan fingerprint density at radius 1 is 1.41 bits per heavy atom. The van der Waals surface area contributed by atoms with Gasteiger partial charge in [0.2, 0.25) is 0 Å². The van der Waals surface area contributed by atoms with E-state index in [9.17, 15) is 0 Å². The second-order valence-corrected chi connectivity index (χ2v) is 3.54. The number of nitrogens with one attached hydrogen (secondary N) is 2. The summed E-state index contributed by atoms with van der Waals surface area (Å²) in [5.74, 6) is 1.72. The summed E-state index contributed by atoms with van der Waals surface area (Å²) in [5, 5.41) is 14.4. The van der Waals surface area contributed by atoms with E-state index in [-0.39, 0.29) is 0 Å². The van der Waals surface area contributed by atoms with E-state index in [1.165, 1.54) is 0 Å². The molecular weight excluding hydrogens is 216 g/mol. The minimum Gasteiger partial charge on any atom is -0.359 e. The normalized spacial score (nSPS) is 11.8. The summed E-state index contributed by atoms with van der Waals surface area (Å²) in [5.41, 5.74) is 0.875. The molecule has 0 bridgehead atoms. The Balaban J connectivity index is 2.00. The summed E-state index contributed by atoms with van der Waals surface area (Å²) in [4.78, 5) is 4.04. The van der Waals surface area contributed by atoms with Gasteiger partial charge in [-0.25, -0.2) is 0 Å². The molecule has 0 spiro atoms. The number of rotatable bonds is 3. The molecule has 0 fully saturated rings. The Hall–Kier alpha value is -2.11. The first-order chi connectivity index (χ1) is 8.35. The molecule has 0 radical (unpaired) electrons. The highest BCUT2D eigenvalue weighted by Gasteiger charge is 2.03. The first-order valence-electron chi connectivity index (χ1n) is 5.52. The summed E-state index contributed by atoms with van der Waals surface area (Å²) in [6.07, 6.45) is 2.77. The summed E-state index contributed by atoms with van der Waals surface area (Å²) in [7, 11) is 3.58. The fourth-order valence-corrected chi connectivity index (χ4v) is 1.63. The van der Waals surface area contributed by atoms with Crippen LogP contribution >= 0.6 is 0 Å². The largest absolute Gasteiger partial charge is 0.359 e. The van der Waals surface area contributed by atoms with Crippen molar-refractivity contribution in [3.63, 3.8) is 0 Å². The highest BCUT2D eigenvalue weighted by molar-refractivity contribution is 5.79. The molecule has 90 valence electrons. The second-order valence-electron chi connectivity index (χ2n) is 3.54. The monoisotopic (exact) mass is 232 g/mol. The highest BCUT2D eigenvalue weighted by atomic mass is 15.2. The molecule has 0 atom stereocenters. The van der Waals surface area contributed by atoms with Crippen molar-refractivity contribution in [2.24, 2.45) is 4.99 Å². The third-order valence-corrected chi connectivity index (χ3v) is 2.49. The van der Waals surface area contributed by atoms with E-state index >= 15 is 0 Å². The van der Waals surface area contributed by atoms with Gasteiger partial charge in [0.25, 0.3) is 0 Å². The Morgan fingerprint density at radius 2 is 2.29 bits per heavy atom. The minimum absolute atomic E-state index is 0.767. The van der Waals surface area contributed by atoms with Crippen LogP contribution in [0.3, 0.4) is 0 Å². The van der Waals surface area contributed by atoms with Gasteiger partial charge in [0.15, 0.2) is 11.6 Å². The first kappa shape index (κ1) is 11.4. The van der Waals surface area contributed by atoms with Crippen LogP contribution in [0, 0.1) is 0 Å². The zero-order valence-electron chi connectivity index (χ0n) is 10.0. The lowest BCUT2D eigenvalue weighted by Gasteiger charge is -2.07. The van der Waals surface area contributed by atoms with Crippen molar-refractivity contribution in [2.45, 2.75) is 6.42 Å². The van der Waals surface area contributed by atoms with E-state index in [0.717, 1.165) is 30.4 Å². The van der Waals surface area contributed by atoms with E-state index in [1.807, 2.05) is 35.8 Å². The van der Waals surface area contributed by atoms with Gasteiger partial charge in [-0.2, -0.15) is 0 Å². The molecule has 0 aliphatic carbocycles. The highest BCUT2D eigenvalue weighted by Crippen LogP contribution is 2.02. The predicted molar refractivity (Wildman–Crippen MR) is 67.1 cm³/mol. The van der Waals surface area contributed by atoms with E-state index in [1.54, 1.807) is 7.05 Å². The molecule has 6 nitrogen and oxygen atoms in total. The van der Waals surface area contributed by atoms with Crippen LogP contribution in [0.1, 0.15) is 5.82 Å². The van der Waals surface area contributed by atoms with Crippen molar-refractivity contribution in [2.75, 3.05) is 20.6 Å². The van der Waals surface area contributed by atoms with Crippen LogP contribution in [0.4, 0.5) is 0 Å². The lowest BCUT2D eigenvalue weighted by Crippen LogP contribution is -2.36. The molecule has 0 aliphatic heterocycles.